The van der Waals surface area contributed by atoms with Crippen molar-refractivity contribution in [3.05, 3.63) is 34.3 Å². The van der Waals surface area contributed by atoms with Gasteiger partial charge in [0, 0.05) is 11.0 Å². The number of nitrogens with zero attached hydrogens (tertiary/aromatic N) is 1. The Balaban J connectivity index is 0.00000441. The maximum absolute atomic E-state index is 10.7. The minimum atomic E-state index is -0.981. The molecule has 0 aromatic heterocycles. The lowest BCUT2D eigenvalue weighted by Gasteiger charge is -2.25. The second kappa shape index (κ2) is 10.4. The SMILES string of the molecule is CCC(O)(CN=C(N)NCCC(C)C)c1ccc(Br)cc1.I. The highest BCUT2D eigenvalue weighted by Crippen LogP contribution is 2.26. The smallest absolute Gasteiger partial charge is 0.188 e. The van der Waals surface area contributed by atoms with E-state index in [2.05, 4.69) is 40.1 Å². The van der Waals surface area contributed by atoms with Gasteiger partial charge in [0.25, 0.3) is 0 Å². The molecule has 0 saturated heterocycles. The highest BCUT2D eigenvalue weighted by molar-refractivity contribution is 14.0. The van der Waals surface area contributed by atoms with Crippen LogP contribution in [-0.2, 0) is 5.60 Å². The van der Waals surface area contributed by atoms with Crippen molar-refractivity contribution in [1.82, 2.24) is 5.32 Å². The topological polar surface area (TPSA) is 70.6 Å². The summed E-state index contributed by atoms with van der Waals surface area (Å²) in [5, 5.41) is 13.8. The molecule has 0 aliphatic carbocycles. The van der Waals surface area contributed by atoms with Crippen molar-refractivity contribution in [2.75, 3.05) is 13.1 Å². The van der Waals surface area contributed by atoms with Crippen molar-refractivity contribution in [1.29, 1.82) is 0 Å². The summed E-state index contributed by atoms with van der Waals surface area (Å²) < 4.78 is 0.989. The molecule has 1 rings (SSSR count). The van der Waals surface area contributed by atoms with Gasteiger partial charge < -0.3 is 16.2 Å². The zero-order valence-corrected chi connectivity index (χ0v) is 17.4. The van der Waals surface area contributed by atoms with E-state index >= 15 is 0 Å². The third-order valence-electron chi connectivity index (χ3n) is 3.51. The monoisotopic (exact) mass is 483 g/mol. The normalized spacial score (nSPS) is 14.4. The van der Waals surface area contributed by atoms with Crippen LogP contribution in [0.5, 0.6) is 0 Å². The van der Waals surface area contributed by atoms with E-state index in [-0.39, 0.29) is 30.5 Å². The molecule has 22 heavy (non-hydrogen) atoms. The quantitative estimate of drug-likeness (QED) is 0.315. The summed E-state index contributed by atoms with van der Waals surface area (Å²) in [7, 11) is 0. The summed E-state index contributed by atoms with van der Waals surface area (Å²) in [6.45, 7) is 7.33. The van der Waals surface area contributed by atoms with Gasteiger partial charge in [-0.15, -0.1) is 24.0 Å². The molecule has 126 valence electrons. The van der Waals surface area contributed by atoms with E-state index in [9.17, 15) is 5.11 Å². The Bertz CT molecular complexity index is 465. The van der Waals surface area contributed by atoms with Gasteiger partial charge in [-0.3, -0.25) is 4.99 Å². The maximum Gasteiger partial charge on any atom is 0.188 e. The van der Waals surface area contributed by atoms with Crippen molar-refractivity contribution >= 4 is 45.9 Å². The Kier molecular flexibility index (Phi) is 10.3. The molecule has 1 aromatic carbocycles. The number of hydrogen-bond acceptors (Lipinski definition) is 2. The molecular formula is C16H27BrIN3O. The van der Waals surface area contributed by atoms with Crippen LogP contribution < -0.4 is 11.1 Å². The summed E-state index contributed by atoms with van der Waals surface area (Å²) in [4.78, 5) is 4.28. The first-order valence-corrected chi connectivity index (χ1v) is 8.19. The van der Waals surface area contributed by atoms with Gasteiger partial charge in [0.2, 0.25) is 0 Å². The van der Waals surface area contributed by atoms with E-state index < -0.39 is 5.60 Å². The molecule has 0 amide bonds. The summed E-state index contributed by atoms with van der Waals surface area (Å²) in [6.07, 6.45) is 1.62. The predicted molar refractivity (Wildman–Crippen MR) is 108 cm³/mol. The molecule has 1 atom stereocenters. The number of aliphatic imine (C=N–C) groups is 1. The van der Waals surface area contributed by atoms with Crippen LogP contribution in [0.4, 0.5) is 0 Å². The molecule has 6 heteroatoms. The average molecular weight is 484 g/mol. The number of aliphatic hydroxyl groups is 1. The van der Waals surface area contributed by atoms with Crippen LogP contribution in [0.2, 0.25) is 0 Å². The largest absolute Gasteiger partial charge is 0.383 e. The van der Waals surface area contributed by atoms with Crippen LogP contribution in [-0.4, -0.2) is 24.2 Å². The molecule has 4 N–H and O–H groups in total. The van der Waals surface area contributed by atoms with Crippen LogP contribution in [0.3, 0.4) is 0 Å². The fourth-order valence-electron chi connectivity index (χ4n) is 1.93. The van der Waals surface area contributed by atoms with Crippen LogP contribution >= 0.6 is 39.9 Å². The Morgan fingerprint density at radius 1 is 1.36 bits per heavy atom. The maximum atomic E-state index is 10.7. The molecule has 0 heterocycles. The van der Waals surface area contributed by atoms with Gasteiger partial charge in [-0.2, -0.15) is 0 Å². The fraction of sp³-hybridized carbons (Fsp3) is 0.562. The number of halogens is 2. The molecule has 4 nitrogen and oxygen atoms in total. The first kappa shape index (κ1) is 21.7. The lowest BCUT2D eigenvalue weighted by atomic mass is 9.91. The Hall–Kier alpha value is -0.340. The molecule has 0 fully saturated rings. The lowest BCUT2D eigenvalue weighted by Crippen LogP contribution is -2.36. The van der Waals surface area contributed by atoms with Crippen LogP contribution in [0.25, 0.3) is 0 Å². The van der Waals surface area contributed by atoms with Crippen LogP contribution in [0.15, 0.2) is 33.7 Å². The second-order valence-electron chi connectivity index (χ2n) is 5.70. The first-order chi connectivity index (χ1) is 9.87. The minimum Gasteiger partial charge on any atom is -0.383 e. The minimum absolute atomic E-state index is 0. The zero-order chi connectivity index (χ0) is 15.9. The van der Waals surface area contributed by atoms with Gasteiger partial charge in [-0.05, 0) is 36.5 Å². The highest BCUT2D eigenvalue weighted by atomic mass is 127. The van der Waals surface area contributed by atoms with Crippen molar-refractivity contribution in [2.24, 2.45) is 16.6 Å². The molecule has 0 aliphatic heterocycles. The van der Waals surface area contributed by atoms with Crippen LogP contribution in [0, 0.1) is 5.92 Å². The van der Waals surface area contributed by atoms with Gasteiger partial charge in [0.15, 0.2) is 5.96 Å². The molecule has 0 aliphatic rings. The number of nitrogens with one attached hydrogen (secondary N) is 1. The first-order valence-electron chi connectivity index (χ1n) is 7.39. The van der Waals surface area contributed by atoms with Crippen LogP contribution in [0.1, 0.15) is 39.2 Å². The standard InChI is InChI=1S/C16H26BrN3O.HI/c1-4-16(21,13-5-7-14(17)8-6-13)11-20-15(18)19-10-9-12(2)3;/h5-8,12,21H,4,9-11H2,1-3H3,(H3,18,19,20);1H. The Morgan fingerprint density at radius 3 is 2.45 bits per heavy atom. The van der Waals surface area contributed by atoms with Gasteiger partial charge in [-0.25, -0.2) is 0 Å². The summed E-state index contributed by atoms with van der Waals surface area (Å²) >= 11 is 3.40. The third kappa shape index (κ3) is 7.28. The summed E-state index contributed by atoms with van der Waals surface area (Å²) in [6, 6.07) is 7.66. The molecule has 0 bridgehead atoms. The predicted octanol–water partition coefficient (Wildman–Crippen LogP) is 3.62. The van der Waals surface area contributed by atoms with Gasteiger partial charge in [-0.1, -0.05) is 48.8 Å². The molecule has 0 spiro atoms. The van der Waals surface area contributed by atoms with E-state index in [0.29, 0.717) is 18.3 Å². The number of hydrogen-bond donors (Lipinski definition) is 3. The van der Waals surface area contributed by atoms with Crippen molar-refractivity contribution in [3.63, 3.8) is 0 Å². The van der Waals surface area contributed by atoms with Gasteiger partial charge >= 0.3 is 0 Å². The number of benzene rings is 1. The Morgan fingerprint density at radius 2 is 1.95 bits per heavy atom. The van der Waals surface area contributed by atoms with E-state index in [1.54, 1.807) is 0 Å². The van der Waals surface area contributed by atoms with Crippen molar-refractivity contribution < 1.29 is 5.11 Å². The Labute approximate surface area is 159 Å². The molecule has 1 unspecified atom stereocenters. The van der Waals surface area contributed by atoms with E-state index in [0.717, 1.165) is 23.0 Å². The number of guanidine groups is 1. The van der Waals surface area contributed by atoms with Crippen molar-refractivity contribution in [2.45, 2.75) is 39.2 Å². The average Bonchev–Trinajstić information content (AvgIpc) is 2.45. The number of nitrogens with two attached hydrogens (primary N) is 1. The van der Waals surface area contributed by atoms with E-state index in [1.807, 2.05) is 31.2 Å². The molecular weight excluding hydrogens is 457 g/mol. The van der Waals surface area contributed by atoms with E-state index in [4.69, 9.17) is 5.73 Å². The second-order valence-corrected chi connectivity index (χ2v) is 6.62. The molecule has 0 radical (unpaired) electrons. The van der Waals surface area contributed by atoms with E-state index in [1.165, 1.54) is 0 Å². The summed E-state index contributed by atoms with van der Waals surface area (Å²) in [5.41, 5.74) is 5.72. The molecule has 0 saturated carbocycles. The lowest BCUT2D eigenvalue weighted by molar-refractivity contribution is 0.0423. The third-order valence-corrected chi connectivity index (χ3v) is 4.03. The summed E-state index contributed by atoms with van der Waals surface area (Å²) in [5.74, 6) is 1.01. The number of rotatable bonds is 7. The fourth-order valence-corrected chi connectivity index (χ4v) is 2.19. The zero-order valence-electron chi connectivity index (χ0n) is 13.5. The molecule has 1 aromatic rings. The highest BCUT2D eigenvalue weighted by Gasteiger charge is 2.26. The van der Waals surface area contributed by atoms with Crippen molar-refractivity contribution in [3.8, 4) is 0 Å². The van der Waals surface area contributed by atoms with Gasteiger partial charge in [0.05, 0.1) is 6.54 Å². The van der Waals surface area contributed by atoms with Gasteiger partial charge in [0.1, 0.15) is 5.60 Å².